The second-order valence-corrected chi connectivity index (χ2v) is 4.44. The predicted octanol–water partition coefficient (Wildman–Crippen LogP) is 2.17. The van der Waals surface area contributed by atoms with Gasteiger partial charge in [0.05, 0.1) is 23.0 Å². The minimum atomic E-state index is 0.562. The summed E-state index contributed by atoms with van der Waals surface area (Å²) in [6.45, 7) is 6.11. The third-order valence-electron chi connectivity index (χ3n) is 2.83. The molecule has 2 aromatic heterocycles. The molecule has 0 fully saturated rings. The molecule has 0 spiro atoms. The molecule has 2 aromatic rings. The van der Waals surface area contributed by atoms with Gasteiger partial charge in [0.25, 0.3) is 0 Å². The fraction of sp³-hybridized carbons (Fsp3) is 0.417. The van der Waals surface area contributed by atoms with E-state index in [9.17, 15) is 0 Å². The van der Waals surface area contributed by atoms with Crippen LogP contribution in [0.25, 0.3) is 0 Å². The van der Waals surface area contributed by atoms with Crippen LogP contribution in [0.15, 0.2) is 18.5 Å². The molecular formula is C12H17ClN4. The standard InChI is InChI=1S/C12H17ClN4/c1-3-17-11(12(13)9(2)15-17)8-16-5-4-10(6-14)7-16/h4-5,7H,3,6,8,14H2,1-2H3. The van der Waals surface area contributed by atoms with Crippen LogP contribution >= 0.6 is 11.6 Å². The van der Waals surface area contributed by atoms with Crippen molar-refractivity contribution in [1.82, 2.24) is 14.3 Å². The molecule has 5 heteroatoms. The van der Waals surface area contributed by atoms with Crippen molar-refractivity contribution in [3.63, 3.8) is 0 Å². The molecule has 0 aromatic carbocycles. The van der Waals surface area contributed by atoms with Crippen LogP contribution in [0.3, 0.4) is 0 Å². The molecule has 92 valence electrons. The zero-order valence-corrected chi connectivity index (χ0v) is 10.9. The van der Waals surface area contributed by atoms with Gasteiger partial charge in [0, 0.05) is 25.5 Å². The maximum absolute atomic E-state index is 6.26. The third kappa shape index (κ3) is 2.37. The molecule has 4 nitrogen and oxygen atoms in total. The lowest BCUT2D eigenvalue weighted by Crippen LogP contribution is -2.07. The summed E-state index contributed by atoms with van der Waals surface area (Å²) in [4.78, 5) is 0. The molecule has 0 aliphatic heterocycles. The van der Waals surface area contributed by atoms with Crippen LogP contribution in [0.2, 0.25) is 5.02 Å². The highest BCUT2D eigenvalue weighted by Gasteiger charge is 2.12. The smallest absolute Gasteiger partial charge is 0.0865 e. The summed E-state index contributed by atoms with van der Waals surface area (Å²) in [6.07, 6.45) is 4.06. The van der Waals surface area contributed by atoms with Crippen LogP contribution in [-0.4, -0.2) is 14.3 Å². The van der Waals surface area contributed by atoms with Gasteiger partial charge in [-0.25, -0.2) is 0 Å². The summed E-state index contributed by atoms with van der Waals surface area (Å²) in [5, 5.41) is 5.16. The molecule has 2 heterocycles. The van der Waals surface area contributed by atoms with Crippen molar-refractivity contribution in [3.8, 4) is 0 Å². The fourth-order valence-electron chi connectivity index (χ4n) is 1.90. The Morgan fingerprint density at radius 3 is 2.82 bits per heavy atom. The van der Waals surface area contributed by atoms with Crippen LogP contribution < -0.4 is 5.73 Å². The number of rotatable bonds is 4. The normalized spacial score (nSPS) is 11.1. The molecule has 0 aliphatic rings. The van der Waals surface area contributed by atoms with Crippen molar-refractivity contribution in [2.24, 2.45) is 5.73 Å². The second kappa shape index (κ2) is 4.94. The van der Waals surface area contributed by atoms with E-state index in [2.05, 4.69) is 16.6 Å². The highest BCUT2D eigenvalue weighted by molar-refractivity contribution is 6.31. The van der Waals surface area contributed by atoms with Gasteiger partial charge in [-0.1, -0.05) is 11.6 Å². The molecule has 2 rings (SSSR count). The summed E-state index contributed by atoms with van der Waals surface area (Å²) in [5.74, 6) is 0. The fourth-order valence-corrected chi connectivity index (χ4v) is 2.10. The summed E-state index contributed by atoms with van der Waals surface area (Å²) < 4.78 is 4.02. The Balaban J connectivity index is 2.28. The summed E-state index contributed by atoms with van der Waals surface area (Å²) in [5.41, 5.74) is 8.65. The van der Waals surface area contributed by atoms with Gasteiger partial charge in [-0.3, -0.25) is 4.68 Å². The van der Waals surface area contributed by atoms with Gasteiger partial charge in [0.2, 0.25) is 0 Å². The van der Waals surface area contributed by atoms with Gasteiger partial charge in [0.1, 0.15) is 0 Å². The Morgan fingerprint density at radius 1 is 1.47 bits per heavy atom. The van der Waals surface area contributed by atoms with Gasteiger partial charge in [-0.05, 0) is 25.5 Å². The highest BCUT2D eigenvalue weighted by atomic mass is 35.5. The summed E-state index contributed by atoms with van der Waals surface area (Å²) in [7, 11) is 0. The van der Waals surface area contributed by atoms with E-state index in [1.165, 1.54) is 0 Å². The van der Waals surface area contributed by atoms with E-state index in [4.69, 9.17) is 17.3 Å². The maximum atomic E-state index is 6.26. The largest absolute Gasteiger partial charge is 0.348 e. The molecule has 0 saturated carbocycles. The topological polar surface area (TPSA) is 48.8 Å². The van der Waals surface area contributed by atoms with Gasteiger partial charge in [-0.2, -0.15) is 5.10 Å². The van der Waals surface area contributed by atoms with E-state index in [0.29, 0.717) is 6.54 Å². The molecular weight excluding hydrogens is 236 g/mol. The molecule has 0 bridgehead atoms. The number of hydrogen-bond donors (Lipinski definition) is 1. The maximum Gasteiger partial charge on any atom is 0.0865 e. The number of aryl methyl sites for hydroxylation is 2. The second-order valence-electron chi connectivity index (χ2n) is 4.06. The van der Waals surface area contributed by atoms with E-state index < -0.39 is 0 Å². The zero-order valence-electron chi connectivity index (χ0n) is 10.2. The van der Waals surface area contributed by atoms with Gasteiger partial charge in [0.15, 0.2) is 0 Å². The van der Waals surface area contributed by atoms with E-state index >= 15 is 0 Å². The molecule has 0 amide bonds. The molecule has 0 unspecified atom stereocenters. The third-order valence-corrected chi connectivity index (χ3v) is 3.32. The highest BCUT2D eigenvalue weighted by Crippen LogP contribution is 2.21. The van der Waals surface area contributed by atoms with Crippen molar-refractivity contribution in [1.29, 1.82) is 0 Å². The van der Waals surface area contributed by atoms with E-state index in [1.807, 2.05) is 30.1 Å². The lowest BCUT2D eigenvalue weighted by atomic mass is 10.3. The van der Waals surface area contributed by atoms with E-state index in [-0.39, 0.29) is 0 Å². The monoisotopic (exact) mass is 252 g/mol. The van der Waals surface area contributed by atoms with Crippen LogP contribution in [0.5, 0.6) is 0 Å². The minimum absolute atomic E-state index is 0.562. The number of nitrogens with two attached hydrogens (primary N) is 1. The van der Waals surface area contributed by atoms with Crippen molar-refractivity contribution < 1.29 is 0 Å². The molecule has 17 heavy (non-hydrogen) atoms. The van der Waals surface area contributed by atoms with Crippen molar-refractivity contribution in [3.05, 3.63) is 40.4 Å². The molecule has 0 atom stereocenters. The lowest BCUT2D eigenvalue weighted by Gasteiger charge is -2.06. The quantitative estimate of drug-likeness (QED) is 0.907. The summed E-state index contributed by atoms with van der Waals surface area (Å²) >= 11 is 6.26. The number of hydrogen-bond acceptors (Lipinski definition) is 2. The Hall–Kier alpha value is -1.26. The number of aromatic nitrogens is 3. The van der Waals surface area contributed by atoms with E-state index in [0.717, 1.165) is 35.1 Å². The van der Waals surface area contributed by atoms with Crippen LogP contribution in [-0.2, 0) is 19.6 Å². The Bertz CT molecular complexity index is 513. The Labute approximate surface area is 106 Å². The van der Waals surface area contributed by atoms with E-state index in [1.54, 1.807) is 0 Å². The molecule has 2 N–H and O–H groups in total. The average Bonchev–Trinajstić information content (AvgIpc) is 2.89. The minimum Gasteiger partial charge on any atom is -0.348 e. The zero-order chi connectivity index (χ0) is 12.4. The van der Waals surface area contributed by atoms with Crippen molar-refractivity contribution >= 4 is 11.6 Å². The number of halogens is 1. The molecule has 0 aliphatic carbocycles. The first-order chi connectivity index (χ1) is 8.15. The first-order valence-electron chi connectivity index (χ1n) is 5.72. The molecule has 0 radical (unpaired) electrons. The van der Waals surface area contributed by atoms with Gasteiger partial charge >= 0.3 is 0 Å². The van der Waals surface area contributed by atoms with Gasteiger partial charge < -0.3 is 10.3 Å². The predicted molar refractivity (Wildman–Crippen MR) is 69.1 cm³/mol. The first kappa shape index (κ1) is 12.2. The Kier molecular flexibility index (Phi) is 3.54. The van der Waals surface area contributed by atoms with Crippen LogP contribution in [0.4, 0.5) is 0 Å². The lowest BCUT2D eigenvalue weighted by molar-refractivity contribution is 0.598. The number of nitrogens with zero attached hydrogens (tertiary/aromatic N) is 3. The Morgan fingerprint density at radius 2 is 2.24 bits per heavy atom. The SMILES string of the molecule is CCn1nc(C)c(Cl)c1Cn1ccc(CN)c1. The van der Waals surface area contributed by atoms with Crippen molar-refractivity contribution in [2.45, 2.75) is 33.5 Å². The van der Waals surface area contributed by atoms with Crippen molar-refractivity contribution in [2.75, 3.05) is 0 Å². The summed E-state index contributed by atoms with van der Waals surface area (Å²) in [6, 6.07) is 2.02. The average molecular weight is 253 g/mol. The van der Waals surface area contributed by atoms with Crippen LogP contribution in [0.1, 0.15) is 23.9 Å². The van der Waals surface area contributed by atoms with Crippen LogP contribution in [0, 0.1) is 6.92 Å². The molecule has 0 saturated heterocycles. The first-order valence-corrected chi connectivity index (χ1v) is 6.10. The van der Waals surface area contributed by atoms with Gasteiger partial charge in [-0.15, -0.1) is 0 Å².